The average molecular weight is 532 g/mol. The maximum absolute atomic E-state index is 14.0. The minimum atomic E-state index is -0.263. The van der Waals surface area contributed by atoms with Crippen LogP contribution in [-0.4, -0.2) is 9.13 Å². The van der Waals surface area contributed by atoms with Crippen molar-refractivity contribution in [2.24, 2.45) is 4.99 Å². The second kappa shape index (κ2) is 9.17. The Kier molecular flexibility index (Phi) is 5.60. The van der Waals surface area contributed by atoms with Crippen LogP contribution in [0.15, 0.2) is 100 Å². The molecule has 2 aromatic heterocycles. The zero-order valence-corrected chi connectivity index (χ0v) is 22.5. The van der Waals surface area contributed by atoms with Crippen LogP contribution in [0.1, 0.15) is 46.1 Å². The molecule has 1 aliphatic carbocycles. The molecule has 3 heterocycles. The van der Waals surface area contributed by atoms with Gasteiger partial charge in [-0.25, -0.2) is 9.38 Å². The summed E-state index contributed by atoms with van der Waals surface area (Å²) < 4.78 is 18.2. The summed E-state index contributed by atoms with van der Waals surface area (Å²) in [6, 6.07) is 27.1. The molecular weight excluding hydrogens is 505 g/mol. The summed E-state index contributed by atoms with van der Waals surface area (Å²) in [7, 11) is 0. The van der Waals surface area contributed by atoms with E-state index in [2.05, 4.69) is 47.0 Å². The smallest absolute Gasteiger partial charge is 0.271 e. The first-order valence-corrected chi connectivity index (χ1v) is 13.9. The molecule has 1 aliphatic heterocycles. The molecule has 2 aliphatic rings. The highest BCUT2D eigenvalue weighted by atomic mass is 32.1. The Morgan fingerprint density at radius 1 is 0.949 bits per heavy atom. The third-order valence-corrected chi connectivity index (χ3v) is 8.81. The summed E-state index contributed by atoms with van der Waals surface area (Å²) in [5.74, 6) is -0.263. The van der Waals surface area contributed by atoms with Crippen molar-refractivity contribution < 1.29 is 4.39 Å². The number of thiazole rings is 1. The Balaban J connectivity index is 1.43. The Morgan fingerprint density at radius 2 is 1.69 bits per heavy atom. The van der Waals surface area contributed by atoms with Gasteiger partial charge in [0.1, 0.15) is 5.82 Å². The van der Waals surface area contributed by atoms with Crippen LogP contribution < -0.4 is 14.9 Å². The van der Waals surface area contributed by atoms with Crippen LogP contribution in [0, 0.1) is 19.7 Å². The molecule has 0 bridgehead atoms. The molecule has 0 saturated heterocycles. The minimum Gasteiger partial charge on any atom is -0.318 e. The van der Waals surface area contributed by atoms with Gasteiger partial charge in [-0.1, -0.05) is 65.9 Å². The molecule has 4 nitrogen and oxygen atoms in total. The van der Waals surface area contributed by atoms with Gasteiger partial charge in [-0.15, -0.1) is 0 Å². The molecule has 3 aromatic carbocycles. The van der Waals surface area contributed by atoms with Gasteiger partial charge < -0.3 is 4.57 Å². The van der Waals surface area contributed by atoms with Gasteiger partial charge in [-0.05, 0) is 85.4 Å². The SMILES string of the molecule is Cc1cc(/C=c2/sc3n(c2=O)[C@@H](c2ccccc2)C2=C(N=3)c3ccccc3CC2)c(C)n1-c1ccc(F)cc1. The first-order chi connectivity index (χ1) is 19.0. The maximum Gasteiger partial charge on any atom is 0.271 e. The molecule has 0 radical (unpaired) electrons. The summed E-state index contributed by atoms with van der Waals surface area (Å²) in [4.78, 5) is 19.9. The predicted octanol–water partition coefficient (Wildman–Crippen LogP) is 5.87. The average Bonchev–Trinajstić information content (AvgIpc) is 3.42. The van der Waals surface area contributed by atoms with E-state index in [0.717, 1.165) is 51.5 Å². The number of benzene rings is 3. The van der Waals surface area contributed by atoms with Crippen LogP contribution in [0.3, 0.4) is 0 Å². The topological polar surface area (TPSA) is 39.3 Å². The van der Waals surface area contributed by atoms with Gasteiger partial charge in [-0.2, -0.15) is 0 Å². The lowest BCUT2D eigenvalue weighted by molar-refractivity contribution is 0.585. The number of allylic oxidation sites excluding steroid dienone is 1. The fourth-order valence-electron chi connectivity index (χ4n) is 6.02. The fraction of sp³-hybridized carbons (Fsp3) is 0.152. The first kappa shape index (κ1) is 23.8. The molecule has 0 saturated carbocycles. The van der Waals surface area contributed by atoms with Gasteiger partial charge >= 0.3 is 0 Å². The number of aromatic nitrogens is 2. The standard InChI is InChI=1S/C33H26FN3OS/c1-20-18-24(21(2)36(20)26-15-13-25(34)14-16-26)19-29-32(38)37-31(23-9-4-3-5-10-23)28-17-12-22-8-6-7-11-27(22)30(28)35-33(37)39-29/h3-11,13-16,18-19,31H,12,17H2,1-2H3/b29-19+/t31-/m0/s1. The zero-order chi connectivity index (χ0) is 26.7. The quantitative estimate of drug-likeness (QED) is 0.287. The summed E-state index contributed by atoms with van der Waals surface area (Å²) in [5, 5.41) is 0. The van der Waals surface area contributed by atoms with E-state index in [1.807, 2.05) is 42.7 Å². The van der Waals surface area contributed by atoms with Crippen molar-refractivity contribution in [3.05, 3.63) is 150 Å². The van der Waals surface area contributed by atoms with Crippen LogP contribution in [0.25, 0.3) is 17.5 Å². The highest BCUT2D eigenvalue weighted by molar-refractivity contribution is 7.07. The third-order valence-electron chi connectivity index (χ3n) is 7.83. The van der Waals surface area contributed by atoms with E-state index < -0.39 is 0 Å². The third kappa shape index (κ3) is 3.86. The fourth-order valence-corrected chi connectivity index (χ4v) is 7.01. The van der Waals surface area contributed by atoms with Gasteiger partial charge in [0.15, 0.2) is 4.80 Å². The molecule has 0 unspecified atom stereocenters. The van der Waals surface area contributed by atoms with Crippen LogP contribution >= 0.6 is 11.3 Å². The maximum atomic E-state index is 14.0. The van der Waals surface area contributed by atoms with E-state index in [1.165, 1.54) is 40.2 Å². The Bertz CT molecular complexity index is 1960. The highest BCUT2D eigenvalue weighted by Gasteiger charge is 2.32. The molecule has 0 spiro atoms. The van der Waals surface area contributed by atoms with Crippen molar-refractivity contribution in [3.63, 3.8) is 0 Å². The van der Waals surface area contributed by atoms with Crippen molar-refractivity contribution in [3.8, 4) is 5.69 Å². The second-order valence-electron chi connectivity index (χ2n) is 10.2. The first-order valence-electron chi connectivity index (χ1n) is 13.1. The van der Waals surface area contributed by atoms with Gasteiger partial charge in [0.05, 0.1) is 16.3 Å². The molecule has 0 fully saturated rings. The summed E-state index contributed by atoms with van der Waals surface area (Å²) >= 11 is 1.44. The van der Waals surface area contributed by atoms with Crippen LogP contribution in [0.4, 0.5) is 4.39 Å². The number of hydrogen-bond donors (Lipinski definition) is 0. The van der Waals surface area contributed by atoms with Gasteiger partial charge in [-0.3, -0.25) is 9.36 Å². The number of fused-ring (bicyclic) bond motifs is 3. The number of rotatable bonds is 3. The number of aryl methyl sites for hydroxylation is 2. The lowest BCUT2D eigenvalue weighted by atomic mass is 9.83. The van der Waals surface area contributed by atoms with E-state index in [4.69, 9.17) is 4.99 Å². The molecule has 192 valence electrons. The molecule has 7 rings (SSSR count). The normalized spacial score (nSPS) is 16.5. The summed E-state index contributed by atoms with van der Waals surface area (Å²) in [6.07, 6.45) is 3.79. The van der Waals surface area contributed by atoms with Crippen molar-refractivity contribution in [1.82, 2.24) is 9.13 Å². The zero-order valence-electron chi connectivity index (χ0n) is 21.7. The van der Waals surface area contributed by atoms with E-state index in [9.17, 15) is 9.18 Å². The molecule has 6 heteroatoms. The van der Waals surface area contributed by atoms with Crippen molar-refractivity contribution >= 4 is 23.1 Å². The number of halogens is 1. The van der Waals surface area contributed by atoms with Gasteiger partial charge in [0.25, 0.3) is 5.56 Å². The Labute approximate surface area is 229 Å². The van der Waals surface area contributed by atoms with Crippen molar-refractivity contribution in [1.29, 1.82) is 0 Å². The van der Waals surface area contributed by atoms with E-state index in [1.54, 1.807) is 12.1 Å². The van der Waals surface area contributed by atoms with Crippen LogP contribution in [0.2, 0.25) is 0 Å². The molecule has 39 heavy (non-hydrogen) atoms. The number of hydrogen-bond acceptors (Lipinski definition) is 3. The Hall–Kier alpha value is -4.29. The predicted molar refractivity (Wildman–Crippen MR) is 154 cm³/mol. The largest absolute Gasteiger partial charge is 0.318 e. The van der Waals surface area contributed by atoms with Crippen LogP contribution in [-0.2, 0) is 6.42 Å². The van der Waals surface area contributed by atoms with E-state index in [0.29, 0.717) is 4.53 Å². The monoisotopic (exact) mass is 531 g/mol. The van der Waals surface area contributed by atoms with E-state index in [-0.39, 0.29) is 17.4 Å². The molecular formula is C33H26FN3OS. The van der Waals surface area contributed by atoms with Gasteiger partial charge in [0, 0.05) is 22.6 Å². The Morgan fingerprint density at radius 3 is 2.49 bits per heavy atom. The van der Waals surface area contributed by atoms with Crippen LogP contribution in [0.5, 0.6) is 0 Å². The number of nitrogens with zero attached hydrogens (tertiary/aromatic N) is 3. The van der Waals surface area contributed by atoms with Gasteiger partial charge in [0.2, 0.25) is 0 Å². The molecule has 1 atom stereocenters. The van der Waals surface area contributed by atoms with E-state index >= 15 is 0 Å². The molecule has 5 aromatic rings. The van der Waals surface area contributed by atoms with Crippen molar-refractivity contribution in [2.75, 3.05) is 0 Å². The minimum absolute atomic E-state index is 0.0235. The highest BCUT2D eigenvalue weighted by Crippen LogP contribution is 2.41. The molecule has 0 amide bonds. The second-order valence-corrected chi connectivity index (χ2v) is 11.2. The van der Waals surface area contributed by atoms with Crippen molar-refractivity contribution in [2.45, 2.75) is 32.7 Å². The summed E-state index contributed by atoms with van der Waals surface area (Å²) in [6.45, 7) is 4.05. The lowest BCUT2D eigenvalue weighted by Crippen LogP contribution is -2.38. The lowest BCUT2D eigenvalue weighted by Gasteiger charge is -2.30. The molecule has 0 N–H and O–H groups in total. The summed E-state index contributed by atoms with van der Waals surface area (Å²) in [5.41, 5.74) is 9.63.